The number of hydrogen-bond donors (Lipinski definition) is 1. The molecule has 128 valence electrons. The van der Waals surface area contributed by atoms with Gasteiger partial charge in [-0.1, -0.05) is 30.3 Å². The maximum atomic E-state index is 12.5. The summed E-state index contributed by atoms with van der Waals surface area (Å²) in [5.41, 5.74) is 5.87. The van der Waals surface area contributed by atoms with Crippen molar-refractivity contribution in [3.63, 3.8) is 0 Å². The SMILES string of the molecule is Cc1cc(C)c([C@H](C)NC(=O)[C@H](C)Oc2ccccc2C)cc1C. The van der Waals surface area contributed by atoms with Crippen LogP contribution in [0, 0.1) is 27.7 Å². The molecule has 0 fully saturated rings. The fraction of sp³-hybridized carbons (Fsp3) is 0.381. The van der Waals surface area contributed by atoms with Crippen LogP contribution in [0.3, 0.4) is 0 Å². The first-order valence-corrected chi connectivity index (χ1v) is 8.40. The summed E-state index contributed by atoms with van der Waals surface area (Å²) in [6, 6.07) is 12.0. The zero-order valence-electron chi connectivity index (χ0n) is 15.4. The third-order valence-corrected chi connectivity index (χ3v) is 4.47. The highest BCUT2D eigenvalue weighted by molar-refractivity contribution is 5.81. The van der Waals surface area contributed by atoms with Crippen molar-refractivity contribution in [2.24, 2.45) is 0 Å². The van der Waals surface area contributed by atoms with Gasteiger partial charge in [0.1, 0.15) is 5.75 Å². The molecule has 0 aromatic heterocycles. The van der Waals surface area contributed by atoms with Crippen LogP contribution < -0.4 is 10.1 Å². The molecule has 2 aromatic rings. The number of aryl methyl sites for hydroxylation is 4. The average Bonchev–Trinajstić information content (AvgIpc) is 2.52. The number of carbonyl (C=O) groups is 1. The molecule has 0 bridgehead atoms. The predicted octanol–water partition coefficient (Wildman–Crippen LogP) is 4.56. The van der Waals surface area contributed by atoms with Gasteiger partial charge in [-0.15, -0.1) is 0 Å². The monoisotopic (exact) mass is 325 g/mol. The van der Waals surface area contributed by atoms with Gasteiger partial charge < -0.3 is 10.1 Å². The molecule has 0 spiro atoms. The number of rotatable bonds is 5. The van der Waals surface area contributed by atoms with Gasteiger partial charge in [-0.05, 0) is 75.4 Å². The minimum absolute atomic E-state index is 0.0558. The van der Waals surface area contributed by atoms with Crippen molar-refractivity contribution in [2.75, 3.05) is 0 Å². The smallest absolute Gasteiger partial charge is 0.261 e. The van der Waals surface area contributed by atoms with Crippen LogP contribution in [0.4, 0.5) is 0 Å². The van der Waals surface area contributed by atoms with Crippen molar-refractivity contribution in [1.29, 1.82) is 0 Å². The summed E-state index contributed by atoms with van der Waals surface area (Å²) in [5, 5.41) is 3.06. The van der Waals surface area contributed by atoms with Gasteiger partial charge >= 0.3 is 0 Å². The maximum absolute atomic E-state index is 12.5. The van der Waals surface area contributed by atoms with Crippen LogP contribution in [-0.2, 0) is 4.79 Å². The van der Waals surface area contributed by atoms with E-state index in [0.717, 1.165) is 16.9 Å². The Morgan fingerprint density at radius 3 is 2.21 bits per heavy atom. The molecule has 2 atom stereocenters. The first-order chi connectivity index (χ1) is 11.3. The van der Waals surface area contributed by atoms with E-state index in [1.165, 1.54) is 16.7 Å². The Morgan fingerprint density at radius 1 is 0.917 bits per heavy atom. The fourth-order valence-corrected chi connectivity index (χ4v) is 2.79. The van der Waals surface area contributed by atoms with E-state index in [2.05, 4.69) is 38.2 Å². The second-order valence-electron chi connectivity index (χ2n) is 6.55. The Labute approximate surface area is 145 Å². The summed E-state index contributed by atoms with van der Waals surface area (Å²) in [5.74, 6) is 0.638. The quantitative estimate of drug-likeness (QED) is 0.875. The molecular formula is C21H27NO2. The van der Waals surface area contributed by atoms with E-state index in [9.17, 15) is 4.79 Å². The van der Waals surface area contributed by atoms with Crippen molar-refractivity contribution in [3.8, 4) is 5.75 Å². The normalized spacial score (nSPS) is 13.2. The summed E-state index contributed by atoms with van der Waals surface area (Å²) < 4.78 is 5.80. The highest BCUT2D eigenvalue weighted by Crippen LogP contribution is 2.22. The molecule has 24 heavy (non-hydrogen) atoms. The number of hydrogen-bond acceptors (Lipinski definition) is 2. The van der Waals surface area contributed by atoms with E-state index in [1.54, 1.807) is 6.92 Å². The first kappa shape index (κ1) is 18.1. The highest BCUT2D eigenvalue weighted by atomic mass is 16.5. The molecule has 3 nitrogen and oxygen atoms in total. The average molecular weight is 325 g/mol. The van der Waals surface area contributed by atoms with Crippen molar-refractivity contribution < 1.29 is 9.53 Å². The van der Waals surface area contributed by atoms with Gasteiger partial charge in [0.15, 0.2) is 6.10 Å². The fourth-order valence-electron chi connectivity index (χ4n) is 2.79. The third-order valence-electron chi connectivity index (χ3n) is 4.47. The van der Waals surface area contributed by atoms with Gasteiger partial charge in [0.05, 0.1) is 6.04 Å². The molecule has 0 heterocycles. The van der Waals surface area contributed by atoms with Gasteiger partial charge in [-0.2, -0.15) is 0 Å². The number of carbonyl (C=O) groups excluding carboxylic acids is 1. The maximum Gasteiger partial charge on any atom is 0.261 e. The molecule has 0 saturated carbocycles. The lowest BCUT2D eigenvalue weighted by Gasteiger charge is -2.21. The molecule has 2 rings (SSSR count). The molecular weight excluding hydrogens is 298 g/mol. The van der Waals surface area contributed by atoms with Crippen molar-refractivity contribution in [1.82, 2.24) is 5.32 Å². The second kappa shape index (κ2) is 7.52. The van der Waals surface area contributed by atoms with Crippen molar-refractivity contribution in [3.05, 3.63) is 64.2 Å². The predicted molar refractivity (Wildman–Crippen MR) is 98.5 cm³/mol. The lowest BCUT2D eigenvalue weighted by atomic mass is 9.96. The minimum atomic E-state index is -0.541. The van der Waals surface area contributed by atoms with Crippen LogP contribution in [0.1, 0.15) is 47.7 Å². The number of benzene rings is 2. The number of ether oxygens (including phenoxy) is 1. The Balaban J connectivity index is 2.06. The van der Waals surface area contributed by atoms with E-state index in [1.807, 2.05) is 38.1 Å². The minimum Gasteiger partial charge on any atom is -0.481 e. The van der Waals surface area contributed by atoms with Crippen LogP contribution in [0.5, 0.6) is 5.75 Å². The van der Waals surface area contributed by atoms with Crippen molar-refractivity contribution in [2.45, 2.75) is 53.7 Å². The number of para-hydroxylation sites is 1. The van der Waals surface area contributed by atoms with Gasteiger partial charge in [0.25, 0.3) is 5.91 Å². The largest absolute Gasteiger partial charge is 0.481 e. The van der Waals surface area contributed by atoms with Crippen LogP contribution in [0.15, 0.2) is 36.4 Å². The van der Waals surface area contributed by atoms with E-state index in [0.29, 0.717) is 0 Å². The van der Waals surface area contributed by atoms with Crippen LogP contribution in [0.25, 0.3) is 0 Å². The Kier molecular flexibility index (Phi) is 5.66. The molecule has 0 aliphatic carbocycles. The zero-order chi connectivity index (χ0) is 17.9. The van der Waals surface area contributed by atoms with Gasteiger partial charge in [0, 0.05) is 0 Å². The molecule has 3 heteroatoms. The Hall–Kier alpha value is -2.29. The standard InChI is InChI=1S/C21H27NO2/c1-13-9-7-8-10-20(13)24-18(6)21(23)22-17(5)19-12-15(3)14(2)11-16(19)4/h7-12,17-18H,1-6H3,(H,22,23)/t17-,18-/m0/s1. The molecule has 2 aromatic carbocycles. The summed E-state index contributed by atoms with van der Waals surface area (Å²) >= 11 is 0. The van der Waals surface area contributed by atoms with E-state index in [-0.39, 0.29) is 11.9 Å². The lowest BCUT2D eigenvalue weighted by molar-refractivity contribution is -0.127. The van der Waals surface area contributed by atoms with Gasteiger partial charge in [0.2, 0.25) is 0 Å². The topological polar surface area (TPSA) is 38.3 Å². The van der Waals surface area contributed by atoms with Crippen LogP contribution >= 0.6 is 0 Å². The van der Waals surface area contributed by atoms with E-state index < -0.39 is 6.10 Å². The first-order valence-electron chi connectivity index (χ1n) is 8.40. The Morgan fingerprint density at radius 2 is 1.54 bits per heavy atom. The van der Waals surface area contributed by atoms with Crippen molar-refractivity contribution >= 4 is 5.91 Å². The number of amides is 1. The van der Waals surface area contributed by atoms with Crippen LogP contribution in [0.2, 0.25) is 0 Å². The molecule has 0 saturated heterocycles. The number of nitrogens with one attached hydrogen (secondary N) is 1. The second-order valence-corrected chi connectivity index (χ2v) is 6.55. The Bertz CT molecular complexity index is 737. The molecule has 0 radical (unpaired) electrons. The molecule has 0 aliphatic rings. The lowest BCUT2D eigenvalue weighted by Crippen LogP contribution is -2.38. The molecule has 1 N–H and O–H groups in total. The van der Waals surface area contributed by atoms with E-state index in [4.69, 9.17) is 4.74 Å². The molecule has 0 aliphatic heterocycles. The van der Waals surface area contributed by atoms with E-state index >= 15 is 0 Å². The summed E-state index contributed by atoms with van der Waals surface area (Å²) in [7, 11) is 0. The van der Waals surface area contributed by atoms with Crippen LogP contribution in [-0.4, -0.2) is 12.0 Å². The molecule has 1 amide bonds. The summed E-state index contributed by atoms with van der Waals surface area (Å²) in [6.07, 6.45) is -0.541. The summed E-state index contributed by atoms with van der Waals surface area (Å²) in [6.45, 7) is 12.0. The van der Waals surface area contributed by atoms with Gasteiger partial charge in [-0.25, -0.2) is 0 Å². The highest BCUT2D eigenvalue weighted by Gasteiger charge is 2.19. The zero-order valence-corrected chi connectivity index (χ0v) is 15.4. The van der Waals surface area contributed by atoms with Gasteiger partial charge in [-0.3, -0.25) is 4.79 Å². The molecule has 0 unspecified atom stereocenters. The third kappa shape index (κ3) is 4.16. The summed E-state index contributed by atoms with van der Waals surface area (Å²) in [4.78, 5) is 12.5.